The van der Waals surface area contributed by atoms with Crippen molar-refractivity contribution >= 4 is 28.9 Å². The lowest BCUT2D eigenvalue weighted by Gasteiger charge is -2.22. The Kier molecular flexibility index (Phi) is 5.49. The van der Waals surface area contributed by atoms with Gasteiger partial charge in [0.15, 0.2) is 0 Å². The minimum absolute atomic E-state index is 0.0530. The second-order valence-electron chi connectivity index (χ2n) is 4.73. The van der Waals surface area contributed by atoms with Crippen LogP contribution in [0.15, 0.2) is 18.2 Å². The molecule has 1 aliphatic heterocycles. The summed E-state index contributed by atoms with van der Waals surface area (Å²) in [6.45, 7) is 1.62. The number of amides is 1. The average molecular weight is 314 g/mol. The molecule has 0 aliphatic carbocycles. The van der Waals surface area contributed by atoms with Gasteiger partial charge in [-0.1, -0.05) is 11.6 Å². The van der Waals surface area contributed by atoms with E-state index in [9.17, 15) is 14.9 Å². The number of anilines is 1. The molecule has 21 heavy (non-hydrogen) atoms. The van der Waals surface area contributed by atoms with Crippen LogP contribution in [0.3, 0.4) is 0 Å². The molecule has 2 N–H and O–H groups in total. The van der Waals surface area contributed by atoms with Crippen LogP contribution in [0.2, 0.25) is 5.02 Å². The smallest absolute Gasteiger partial charge is 0.294 e. The zero-order valence-electron chi connectivity index (χ0n) is 11.3. The summed E-state index contributed by atoms with van der Waals surface area (Å²) in [5.41, 5.74) is -0.124. The number of nitro benzene ring substituents is 1. The van der Waals surface area contributed by atoms with E-state index >= 15 is 0 Å². The quantitative estimate of drug-likeness (QED) is 0.640. The fourth-order valence-corrected chi connectivity index (χ4v) is 2.27. The third kappa shape index (κ3) is 4.66. The Morgan fingerprint density at radius 2 is 2.19 bits per heavy atom. The first-order valence-electron chi connectivity index (χ1n) is 6.62. The Morgan fingerprint density at radius 1 is 1.48 bits per heavy atom. The van der Waals surface area contributed by atoms with Gasteiger partial charge in [0.05, 0.1) is 11.0 Å². The van der Waals surface area contributed by atoms with Gasteiger partial charge in [0.25, 0.3) is 11.6 Å². The summed E-state index contributed by atoms with van der Waals surface area (Å²) < 4.78 is 5.49. The van der Waals surface area contributed by atoms with Crippen LogP contribution < -0.4 is 10.6 Å². The number of ether oxygens (including phenoxy) is 1. The highest BCUT2D eigenvalue weighted by molar-refractivity contribution is 6.31. The predicted octanol–water partition coefficient (Wildman–Crippen LogP) is 1.96. The molecule has 1 saturated heterocycles. The van der Waals surface area contributed by atoms with Crippen LogP contribution in [0, 0.1) is 10.1 Å². The molecule has 0 bridgehead atoms. The molecule has 0 spiro atoms. The van der Waals surface area contributed by atoms with E-state index in [4.69, 9.17) is 16.3 Å². The number of rotatable bonds is 5. The number of piperidine rings is 1. The zero-order chi connectivity index (χ0) is 15.2. The van der Waals surface area contributed by atoms with Gasteiger partial charge < -0.3 is 15.4 Å². The number of carbonyl (C=O) groups is 1. The Morgan fingerprint density at radius 3 is 2.86 bits per heavy atom. The monoisotopic (exact) mass is 313 g/mol. The molecule has 7 nitrogen and oxygen atoms in total. The molecule has 1 amide bonds. The van der Waals surface area contributed by atoms with E-state index in [0.29, 0.717) is 0 Å². The maximum absolute atomic E-state index is 11.8. The van der Waals surface area contributed by atoms with E-state index in [1.165, 1.54) is 18.2 Å². The van der Waals surface area contributed by atoms with Crippen molar-refractivity contribution in [3.63, 3.8) is 0 Å². The van der Waals surface area contributed by atoms with E-state index in [1.807, 2.05) is 0 Å². The van der Waals surface area contributed by atoms with Crippen molar-refractivity contribution in [2.45, 2.75) is 18.9 Å². The highest BCUT2D eigenvalue weighted by Crippen LogP contribution is 2.27. The van der Waals surface area contributed by atoms with Crippen LogP contribution in [0.5, 0.6) is 0 Å². The first kappa shape index (κ1) is 15.7. The zero-order valence-corrected chi connectivity index (χ0v) is 12.1. The molecule has 2 rings (SSSR count). The summed E-state index contributed by atoms with van der Waals surface area (Å²) in [4.78, 5) is 22.1. The van der Waals surface area contributed by atoms with Crippen LogP contribution in [0.25, 0.3) is 0 Å². The van der Waals surface area contributed by atoms with Crippen molar-refractivity contribution < 1.29 is 14.5 Å². The number of carbonyl (C=O) groups excluding carboxylic acids is 1. The lowest BCUT2D eigenvalue weighted by atomic mass is 10.1. The van der Waals surface area contributed by atoms with E-state index in [-0.39, 0.29) is 29.1 Å². The molecular weight excluding hydrogens is 298 g/mol. The summed E-state index contributed by atoms with van der Waals surface area (Å²) in [5.74, 6) is -0.418. The Labute approximate surface area is 126 Å². The molecule has 0 radical (unpaired) electrons. The third-order valence-electron chi connectivity index (χ3n) is 3.17. The summed E-state index contributed by atoms with van der Waals surface area (Å²) in [6, 6.07) is 4.09. The fourth-order valence-electron chi connectivity index (χ4n) is 2.10. The fraction of sp³-hybridized carbons (Fsp3) is 0.462. The minimum atomic E-state index is -0.588. The molecule has 0 saturated carbocycles. The molecule has 1 aromatic rings. The molecular formula is C13H16ClN3O4. The van der Waals surface area contributed by atoms with Gasteiger partial charge in [0.2, 0.25) is 0 Å². The maximum atomic E-state index is 11.8. The summed E-state index contributed by atoms with van der Waals surface area (Å²) in [6.07, 6.45) is 1.76. The number of hydrogen-bond donors (Lipinski definition) is 2. The van der Waals surface area contributed by atoms with Crippen molar-refractivity contribution in [1.82, 2.24) is 5.32 Å². The first-order chi connectivity index (χ1) is 10.1. The summed E-state index contributed by atoms with van der Waals surface area (Å²) >= 11 is 5.71. The average Bonchev–Trinajstić information content (AvgIpc) is 2.48. The molecule has 8 heteroatoms. The highest BCUT2D eigenvalue weighted by atomic mass is 35.5. The minimum Gasteiger partial charge on any atom is -0.368 e. The van der Waals surface area contributed by atoms with E-state index in [0.717, 1.165) is 25.9 Å². The van der Waals surface area contributed by atoms with Gasteiger partial charge in [-0.2, -0.15) is 0 Å². The normalized spacial score (nSPS) is 15.7. The topological polar surface area (TPSA) is 93.5 Å². The third-order valence-corrected chi connectivity index (χ3v) is 3.40. The Hall–Kier alpha value is -1.70. The Bertz CT molecular complexity index is 532. The molecule has 1 aromatic carbocycles. The maximum Gasteiger partial charge on any atom is 0.294 e. The molecule has 1 heterocycles. The van der Waals surface area contributed by atoms with Crippen molar-refractivity contribution in [2.24, 2.45) is 0 Å². The number of hydrogen-bond acceptors (Lipinski definition) is 5. The van der Waals surface area contributed by atoms with Crippen LogP contribution in [0.4, 0.5) is 11.4 Å². The lowest BCUT2D eigenvalue weighted by Crippen LogP contribution is -2.34. The van der Waals surface area contributed by atoms with Gasteiger partial charge in [-0.05, 0) is 38.1 Å². The van der Waals surface area contributed by atoms with Gasteiger partial charge in [-0.3, -0.25) is 14.9 Å². The predicted molar refractivity (Wildman–Crippen MR) is 78.6 cm³/mol. The van der Waals surface area contributed by atoms with Crippen molar-refractivity contribution in [3.8, 4) is 0 Å². The molecule has 114 valence electrons. The summed E-state index contributed by atoms with van der Waals surface area (Å²) in [7, 11) is 0. The number of halogens is 1. The molecule has 0 unspecified atom stereocenters. The van der Waals surface area contributed by atoms with Gasteiger partial charge in [0, 0.05) is 11.1 Å². The number of nitro groups is 1. The molecule has 0 atom stereocenters. The van der Waals surface area contributed by atoms with Gasteiger partial charge >= 0.3 is 0 Å². The highest BCUT2D eigenvalue weighted by Gasteiger charge is 2.18. The van der Waals surface area contributed by atoms with E-state index in [1.54, 1.807) is 0 Å². The number of benzene rings is 1. The largest absolute Gasteiger partial charge is 0.368 e. The van der Waals surface area contributed by atoms with E-state index < -0.39 is 10.8 Å². The first-order valence-corrected chi connectivity index (χ1v) is 7.00. The van der Waals surface area contributed by atoms with Crippen LogP contribution in [-0.4, -0.2) is 36.6 Å². The molecule has 1 fully saturated rings. The second-order valence-corrected chi connectivity index (χ2v) is 5.16. The van der Waals surface area contributed by atoms with Gasteiger partial charge in [-0.15, -0.1) is 0 Å². The van der Waals surface area contributed by atoms with Gasteiger partial charge in [-0.25, -0.2) is 0 Å². The van der Waals surface area contributed by atoms with Crippen LogP contribution >= 0.6 is 11.6 Å². The molecule has 0 aromatic heterocycles. The lowest BCUT2D eigenvalue weighted by molar-refractivity contribution is -0.383. The van der Waals surface area contributed by atoms with Crippen molar-refractivity contribution in [1.29, 1.82) is 0 Å². The van der Waals surface area contributed by atoms with E-state index in [2.05, 4.69) is 10.6 Å². The second kappa shape index (κ2) is 7.35. The number of nitrogens with one attached hydrogen (secondary N) is 2. The van der Waals surface area contributed by atoms with Gasteiger partial charge in [0.1, 0.15) is 12.3 Å². The number of nitrogens with zero attached hydrogens (tertiary/aromatic N) is 1. The standard InChI is InChI=1S/C13H16ClN3O4/c14-9-1-2-11(12(7-9)17(19)20)16-13(18)8-21-10-3-5-15-6-4-10/h1-2,7,10,15H,3-6,8H2,(H,16,18). The SMILES string of the molecule is O=C(COC1CCNCC1)Nc1ccc(Cl)cc1[N+](=O)[O-]. The van der Waals surface area contributed by atoms with Crippen LogP contribution in [0.1, 0.15) is 12.8 Å². The van der Waals surface area contributed by atoms with Crippen molar-refractivity contribution in [2.75, 3.05) is 25.0 Å². The molecule has 1 aliphatic rings. The van der Waals surface area contributed by atoms with Crippen LogP contribution in [-0.2, 0) is 9.53 Å². The Balaban J connectivity index is 1.91. The van der Waals surface area contributed by atoms with Crippen molar-refractivity contribution in [3.05, 3.63) is 33.3 Å². The summed E-state index contributed by atoms with van der Waals surface area (Å²) in [5, 5.41) is 16.8.